The number of furan rings is 1. The summed E-state index contributed by atoms with van der Waals surface area (Å²) < 4.78 is 9.61. The summed E-state index contributed by atoms with van der Waals surface area (Å²) >= 11 is 0. The average Bonchev–Trinajstić information content (AvgIpc) is 3.79. The molecule has 0 bridgehead atoms. The Bertz CT molecular complexity index is 2810. The molecule has 4 heteroatoms. The number of imidazole rings is 1. The SMILES string of the molecule is CC.Cc1nc2cc(C(C)(C)C)cc3c2n1-c1cccc2c1B3c1c(ccc3c1oc1ccc(C(C)(C)C)cc13)C21c2ccccc2-c2ccccc21. The van der Waals surface area contributed by atoms with E-state index in [1.54, 1.807) is 0 Å². The van der Waals surface area contributed by atoms with Gasteiger partial charge in [-0.3, -0.25) is 4.57 Å². The molecular formula is C49H45BN2O. The highest BCUT2D eigenvalue weighted by Crippen LogP contribution is 2.57. The highest BCUT2D eigenvalue weighted by Gasteiger charge is 2.55. The van der Waals surface area contributed by atoms with Gasteiger partial charge in [0.25, 0.3) is 6.71 Å². The zero-order chi connectivity index (χ0) is 36.8. The maximum Gasteiger partial charge on any atom is 0.252 e. The van der Waals surface area contributed by atoms with Crippen LogP contribution < -0.4 is 16.4 Å². The third-order valence-corrected chi connectivity index (χ3v) is 12.3. The van der Waals surface area contributed by atoms with Crippen molar-refractivity contribution < 1.29 is 4.42 Å². The summed E-state index contributed by atoms with van der Waals surface area (Å²) in [6.45, 7) is 19.9. The number of fused-ring (bicyclic) bond motifs is 15. The van der Waals surface area contributed by atoms with E-state index in [-0.39, 0.29) is 17.5 Å². The fourth-order valence-corrected chi connectivity index (χ4v) is 10.0. The summed E-state index contributed by atoms with van der Waals surface area (Å²) in [5.74, 6) is 1.02. The number of benzene rings is 6. The van der Waals surface area contributed by atoms with E-state index in [0.29, 0.717) is 0 Å². The molecule has 1 aliphatic carbocycles. The van der Waals surface area contributed by atoms with Crippen molar-refractivity contribution in [1.82, 2.24) is 9.55 Å². The Hall–Kier alpha value is -5.35. The molecule has 0 unspecified atom stereocenters. The van der Waals surface area contributed by atoms with Crippen molar-refractivity contribution >= 4 is 56.1 Å². The van der Waals surface area contributed by atoms with Gasteiger partial charge in [0.1, 0.15) is 17.0 Å². The van der Waals surface area contributed by atoms with Crippen LogP contribution in [-0.4, -0.2) is 16.3 Å². The Labute approximate surface area is 312 Å². The van der Waals surface area contributed by atoms with Gasteiger partial charge >= 0.3 is 0 Å². The number of hydrogen-bond donors (Lipinski definition) is 0. The van der Waals surface area contributed by atoms with E-state index in [0.717, 1.165) is 22.5 Å². The molecule has 0 saturated heterocycles. The fraction of sp³-hybridized carbons (Fsp3) is 0.245. The van der Waals surface area contributed by atoms with Gasteiger partial charge in [-0.15, -0.1) is 0 Å². The van der Waals surface area contributed by atoms with Gasteiger partial charge in [0.05, 0.1) is 16.4 Å². The van der Waals surface area contributed by atoms with Crippen LogP contribution in [0.2, 0.25) is 0 Å². The molecule has 8 aromatic rings. The van der Waals surface area contributed by atoms with E-state index in [1.165, 1.54) is 82.9 Å². The van der Waals surface area contributed by atoms with Crippen molar-refractivity contribution in [2.45, 2.75) is 78.6 Å². The van der Waals surface area contributed by atoms with Crippen LogP contribution in [0, 0.1) is 6.92 Å². The molecule has 0 amide bonds. The molecule has 2 aromatic heterocycles. The summed E-state index contributed by atoms with van der Waals surface area (Å²) in [7, 11) is 0. The molecule has 6 aromatic carbocycles. The van der Waals surface area contributed by atoms with Gasteiger partial charge in [-0.25, -0.2) is 4.98 Å². The summed E-state index contributed by atoms with van der Waals surface area (Å²) in [4.78, 5) is 5.26. The zero-order valence-electron chi connectivity index (χ0n) is 32.3. The number of aryl methyl sites for hydroxylation is 1. The van der Waals surface area contributed by atoms with E-state index in [9.17, 15) is 0 Å². The smallest absolute Gasteiger partial charge is 0.252 e. The molecule has 1 spiro atoms. The minimum atomic E-state index is -0.513. The molecule has 53 heavy (non-hydrogen) atoms. The molecule has 3 nitrogen and oxygen atoms in total. The van der Waals surface area contributed by atoms with Crippen LogP contribution >= 0.6 is 0 Å². The monoisotopic (exact) mass is 688 g/mol. The predicted molar refractivity (Wildman–Crippen MR) is 224 cm³/mol. The third kappa shape index (κ3) is 3.99. The van der Waals surface area contributed by atoms with E-state index in [1.807, 2.05) is 13.8 Å². The molecule has 0 radical (unpaired) electrons. The van der Waals surface area contributed by atoms with E-state index >= 15 is 0 Å². The highest BCUT2D eigenvalue weighted by molar-refractivity contribution is 7.00. The summed E-state index contributed by atoms with van der Waals surface area (Å²) in [5.41, 5.74) is 19.5. The van der Waals surface area contributed by atoms with Crippen LogP contribution in [0.3, 0.4) is 0 Å². The second-order valence-electron chi connectivity index (χ2n) is 17.2. The van der Waals surface area contributed by atoms with Crippen LogP contribution in [0.1, 0.15) is 94.6 Å². The number of aromatic nitrogens is 2. The van der Waals surface area contributed by atoms with Gasteiger partial charge in [0.15, 0.2) is 0 Å². The van der Waals surface area contributed by atoms with Gasteiger partial charge in [-0.2, -0.15) is 0 Å². The topological polar surface area (TPSA) is 31.0 Å². The molecule has 2 aliphatic heterocycles. The Morgan fingerprint density at radius 1 is 0.623 bits per heavy atom. The van der Waals surface area contributed by atoms with Crippen LogP contribution in [-0.2, 0) is 16.2 Å². The largest absolute Gasteiger partial charge is 0.457 e. The Kier molecular flexibility index (Phi) is 6.48. The van der Waals surface area contributed by atoms with E-state index in [2.05, 4.69) is 162 Å². The molecule has 0 atom stereocenters. The summed E-state index contributed by atoms with van der Waals surface area (Å²) in [6, 6.07) is 41.6. The highest BCUT2D eigenvalue weighted by atomic mass is 16.3. The number of rotatable bonds is 0. The van der Waals surface area contributed by atoms with Crippen LogP contribution in [0.25, 0.3) is 49.8 Å². The van der Waals surface area contributed by atoms with Crippen LogP contribution in [0.5, 0.6) is 0 Å². The molecular weight excluding hydrogens is 643 g/mol. The summed E-state index contributed by atoms with van der Waals surface area (Å²) in [6.07, 6.45) is 0. The van der Waals surface area contributed by atoms with Gasteiger partial charge in [0.2, 0.25) is 0 Å². The minimum Gasteiger partial charge on any atom is -0.457 e. The molecule has 260 valence electrons. The number of hydrogen-bond acceptors (Lipinski definition) is 2. The molecule has 0 saturated carbocycles. The van der Waals surface area contributed by atoms with Crippen molar-refractivity contribution in [1.29, 1.82) is 0 Å². The normalized spacial score (nSPS) is 14.6. The number of nitrogens with zero attached hydrogens (tertiary/aromatic N) is 2. The van der Waals surface area contributed by atoms with Crippen molar-refractivity contribution in [2.75, 3.05) is 0 Å². The fourth-order valence-electron chi connectivity index (χ4n) is 10.0. The Balaban J connectivity index is 0.00000172. The van der Waals surface area contributed by atoms with Gasteiger partial charge in [0, 0.05) is 16.5 Å². The van der Waals surface area contributed by atoms with Crippen LogP contribution in [0.4, 0.5) is 0 Å². The molecule has 0 N–H and O–H groups in total. The predicted octanol–water partition coefficient (Wildman–Crippen LogP) is 10.4. The van der Waals surface area contributed by atoms with Crippen molar-refractivity contribution in [2.24, 2.45) is 0 Å². The second kappa shape index (κ2) is 10.6. The Morgan fingerprint density at radius 3 is 1.94 bits per heavy atom. The lowest BCUT2D eigenvalue weighted by Gasteiger charge is -2.44. The van der Waals surface area contributed by atoms with Crippen LogP contribution in [0.15, 0.2) is 114 Å². The quantitative estimate of drug-likeness (QED) is 0.149. The second-order valence-corrected chi connectivity index (χ2v) is 17.2. The molecule has 3 aliphatic rings. The first-order valence-corrected chi connectivity index (χ1v) is 19.3. The molecule has 11 rings (SSSR count). The lowest BCUT2D eigenvalue weighted by Crippen LogP contribution is -2.64. The molecule has 4 heterocycles. The van der Waals surface area contributed by atoms with Gasteiger partial charge in [-0.05, 0) is 103 Å². The minimum absolute atomic E-state index is 0.0276. The van der Waals surface area contributed by atoms with E-state index in [4.69, 9.17) is 9.40 Å². The van der Waals surface area contributed by atoms with Gasteiger partial charge in [-0.1, -0.05) is 140 Å². The van der Waals surface area contributed by atoms with Crippen molar-refractivity contribution in [3.8, 4) is 16.8 Å². The third-order valence-electron chi connectivity index (χ3n) is 12.3. The van der Waals surface area contributed by atoms with E-state index < -0.39 is 5.41 Å². The first-order chi connectivity index (χ1) is 25.5. The Morgan fingerprint density at radius 2 is 1.26 bits per heavy atom. The maximum absolute atomic E-state index is 7.17. The maximum atomic E-state index is 7.17. The van der Waals surface area contributed by atoms with Crippen molar-refractivity contribution in [3.63, 3.8) is 0 Å². The average molecular weight is 689 g/mol. The first kappa shape index (κ1) is 32.3. The first-order valence-electron chi connectivity index (χ1n) is 19.3. The molecule has 0 fully saturated rings. The zero-order valence-corrected chi connectivity index (χ0v) is 32.3. The summed E-state index contributed by atoms with van der Waals surface area (Å²) in [5, 5.41) is 2.37. The van der Waals surface area contributed by atoms with Crippen molar-refractivity contribution in [3.05, 3.63) is 148 Å². The lowest BCUT2D eigenvalue weighted by molar-refractivity contribution is 0.590. The standard InChI is InChI=1S/C47H39BN2O.C2H6/c1-26-49-38-25-28(46(5,6)7)24-37-43(38)50(26)39-18-12-17-35-41(39)48(37)42-36(47(35)33-15-10-8-13-29(33)30-14-9-11-16-34(30)47)21-20-31-32-23-27(45(2,3)4)19-22-40(32)51-44(31)42;1-2/h8-25H,1-7H3;1-2H3. The van der Waals surface area contributed by atoms with Gasteiger partial charge < -0.3 is 4.42 Å². The lowest BCUT2D eigenvalue weighted by atomic mass is 9.29.